The van der Waals surface area contributed by atoms with Crippen LogP contribution < -0.4 is 0 Å². The van der Waals surface area contributed by atoms with E-state index < -0.39 is 0 Å². The summed E-state index contributed by atoms with van der Waals surface area (Å²) >= 11 is 0. The lowest BCUT2D eigenvalue weighted by Gasteiger charge is -2.04. The summed E-state index contributed by atoms with van der Waals surface area (Å²) < 4.78 is 2.06. The van der Waals surface area contributed by atoms with E-state index in [9.17, 15) is 0 Å². The van der Waals surface area contributed by atoms with E-state index in [1.54, 1.807) is 0 Å². The molecule has 0 atom stereocenters. The molecule has 21 heavy (non-hydrogen) atoms. The van der Waals surface area contributed by atoms with Crippen molar-refractivity contribution in [1.82, 2.24) is 9.55 Å². The third kappa shape index (κ3) is 2.21. The van der Waals surface area contributed by atoms with Crippen molar-refractivity contribution in [1.29, 1.82) is 0 Å². The van der Waals surface area contributed by atoms with Crippen molar-refractivity contribution >= 4 is 10.8 Å². The quantitative estimate of drug-likeness (QED) is 0.516. The average molecular weight is 270 g/mol. The van der Waals surface area contributed by atoms with Crippen LogP contribution in [-0.2, 0) is 0 Å². The molecule has 0 saturated heterocycles. The molecule has 2 nitrogen and oxygen atoms in total. The molecular formula is C19H14N2. The van der Waals surface area contributed by atoms with Crippen LogP contribution in [0.3, 0.4) is 0 Å². The Labute approximate surface area is 123 Å². The first-order valence-corrected chi connectivity index (χ1v) is 6.99. The number of hydrogen-bond donors (Lipinski definition) is 0. The Balaban J connectivity index is 1.77. The lowest BCUT2D eigenvalue weighted by molar-refractivity contribution is 1.06. The second-order valence-corrected chi connectivity index (χ2v) is 5.06. The second kappa shape index (κ2) is 4.91. The van der Waals surface area contributed by atoms with Gasteiger partial charge in [-0.15, -0.1) is 0 Å². The summed E-state index contributed by atoms with van der Waals surface area (Å²) in [6.45, 7) is 0. The summed E-state index contributed by atoms with van der Waals surface area (Å²) in [6.07, 6.45) is 3.94. The maximum absolute atomic E-state index is 4.51. The molecule has 0 fully saturated rings. The standard InChI is InChI=1S/C19H14N2/c1-2-7-16(8-3-1)19-13-21(14-20-19)18-11-10-15-6-4-5-9-17(15)12-18/h1-14H. The van der Waals surface area contributed by atoms with Gasteiger partial charge in [-0.25, -0.2) is 4.98 Å². The van der Waals surface area contributed by atoms with Crippen LogP contribution >= 0.6 is 0 Å². The van der Waals surface area contributed by atoms with Crippen LogP contribution in [0, 0.1) is 0 Å². The van der Waals surface area contributed by atoms with Crippen molar-refractivity contribution in [3.63, 3.8) is 0 Å². The molecule has 0 spiro atoms. The molecule has 0 aliphatic heterocycles. The topological polar surface area (TPSA) is 17.8 Å². The van der Waals surface area contributed by atoms with E-state index >= 15 is 0 Å². The summed E-state index contributed by atoms with van der Waals surface area (Å²) in [5.74, 6) is 0. The van der Waals surface area contributed by atoms with E-state index in [0.717, 1.165) is 16.9 Å². The predicted molar refractivity (Wildman–Crippen MR) is 86.5 cm³/mol. The smallest absolute Gasteiger partial charge is 0.0999 e. The zero-order chi connectivity index (χ0) is 14.1. The van der Waals surface area contributed by atoms with E-state index in [1.165, 1.54) is 10.8 Å². The molecule has 0 N–H and O–H groups in total. The third-order valence-electron chi connectivity index (χ3n) is 3.68. The first-order chi connectivity index (χ1) is 10.4. The van der Waals surface area contributed by atoms with Crippen LogP contribution in [0.25, 0.3) is 27.7 Å². The summed E-state index contributed by atoms with van der Waals surface area (Å²) in [7, 11) is 0. The number of hydrogen-bond acceptors (Lipinski definition) is 1. The number of benzene rings is 3. The predicted octanol–water partition coefficient (Wildman–Crippen LogP) is 4.69. The molecule has 4 aromatic rings. The van der Waals surface area contributed by atoms with Gasteiger partial charge in [-0.05, 0) is 22.9 Å². The largest absolute Gasteiger partial charge is 0.306 e. The molecule has 4 rings (SSSR count). The number of imidazole rings is 1. The highest BCUT2D eigenvalue weighted by atomic mass is 15.0. The Kier molecular flexibility index (Phi) is 2.79. The number of nitrogens with zero attached hydrogens (tertiary/aromatic N) is 2. The van der Waals surface area contributed by atoms with Crippen LogP contribution in [-0.4, -0.2) is 9.55 Å². The van der Waals surface area contributed by atoms with Crippen LogP contribution in [0.15, 0.2) is 85.3 Å². The Morgan fingerprint density at radius 2 is 1.48 bits per heavy atom. The van der Waals surface area contributed by atoms with Gasteiger partial charge >= 0.3 is 0 Å². The molecular weight excluding hydrogens is 256 g/mol. The fraction of sp³-hybridized carbons (Fsp3) is 0. The van der Waals surface area contributed by atoms with Crippen molar-refractivity contribution in [2.45, 2.75) is 0 Å². The van der Waals surface area contributed by atoms with Gasteiger partial charge in [0.1, 0.15) is 0 Å². The highest BCUT2D eigenvalue weighted by Crippen LogP contribution is 2.21. The third-order valence-corrected chi connectivity index (χ3v) is 3.68. The Bertz CT molecular complexity index is 892. The van der Waals surface area contributed by atoms with Crippen molar-refractivity contribution < 1.29 is 0 Å². The maximum atomic E-state index is 4.51. The zero-order valence-corrected chi connectivity index (χ0v) is 11.5. The molecule has 0 bridgehead atoms. The first-order valence-electron chi connectivity index (χ1n) is 6.99. The second-order valence-electron chi connectivity index (χ2n) is 5.06. The fourth-order valence-electron chi connectivity index (χ4n) is 2.56. The molecule has 1 heterocycles. The lowest BCUT2D eigenvalue weighted by atomic mass is 10.1. The normalized spacial score (nSPS) is 10.9. The summed E-state index contributed by atoms with van der Waals surface area (Å²) in [6, 6.07) is 25.1. The molecule has 0 radical (unpaired) electrons. The highest BCUT2D eigenvalue weighted by molar-refractivity contribution is 5.84. The van der Waals surface area contributed by atoms with E-state index in [2.05, 4.69) is 70.3 Å². The Morgan fingerprint density at radius 1 is 0.714 bits per heavy atom. The van der Waals surface area contributed by atoms with Gasteiger partial charge in [0.15, 0.2) is 0 Å². The lowest BCUT2D eigenvalue weighted by Crippen LogP contribution is -1.89. The van der Waals surface area contributed by atoms with Gasteiger partial charge in [0, 0.05) is 17.4 Å². The van der Waals surface area contributed by atoms with Gasteiger partial charge in [0.2, 0.25) is 0 Å². The monoisotopic (exact) mass is 270 g/mol. The van der Waals surface area contributed by atoms with E-state index in [0.29, 0.717) is 0 Å². The highest BCUT2D eigenvalue weighted by Gasteiger charge is 2.03. The molecule has 0 aliphatic carbocycles. The van der Waals surface area contributed by atoms with Crippen molar-refractivity contribution in [3.8, 4) is 16.9 Å². The Morgan fingerprint density at radius 3 is 2.33 bits per heavy atom. The van der Waals surface area contributed by atoms with Crippen LogP contribution in [0.5, 0.6) is 0 Å². The molecule has 1 aromatic heterocycles. The van der Waals surface area contributed by atoms with Gasteiger partial charge in [-0.1, -0.05) is 60.7 Å². The van der Waals surface area contributed by atoms with Gasteiger partial charge in [0.25, 0.3) is 0 Å². The minimum Gasteiger partial charge on any atom is -0.306 e. The average Bonchev–Trinajstić information content (AvgIpc) is 3.05. The van der Waals surface area contributed by atoms with Gasteiger partial charge in [-0.2, -0.15) is 0 Å². The van der Waals surface area contributed by atoms with Gasteiger partial charge in [-0.3, -0.25) is 0 Å². The summed E-state index contributed by atoms with van der Waals surface area (Å²) in [5.41, 5.74) is 3.25. The van der Waals surface area contributed by atoms with Gasteiger partial charge in [0.05, 0.1) is 12.0 Å². The number of fused-ring (bicyclic) bond motifs is 1. The molecule has 0 unspecified atom stereocenters. The number of rotatable bonds is 2. The van der Waals surface area contributed by atoms with Crippen LogP contribution in [0.2, 0.25) is 0 Å². The van der Waals surface area contributed by atoms with Gasteiger partial charge < -0.3 is 4.57 Å². The van der Waals surface area contributed by atoms with Crippen molar-refractivity contribution in [2.75, 3.05) is 0 Å². The molecule has 2 heteroatoms. The van der Waals surface area contributed by atoms with E-state index in [-0.39, 0.29) is 0 Å². The molecule has 3 aromatic carbocycles. The molecule has 0 amide bonds. The SMILES string of the molecule is c1ccc(-c2cn(-c3ccc4ccccc4c3)cn2)cc1. The molecule has 0 saturated carbocycles. The number of aromatic nitrogens is 2. The first kappa shape index (κ1) is 11.9. The summed E-state index contributed by atoms with van der Waals surface area (Å²) in [5, 5.41) is 2.50. The van der Waals surface area contributed by atoms with Crippen LogP contribution in [0.1, 0.15) is 0 Å². The van der Waals surface area contributed by atoms with Crippen LogP contribution in [0.4, 0.5) is 0 Å². The minimum atomic E-state index is 0.990. The van der Waals surface area contributed by atoms with Crippen molar-refractivity contribution in [3.05, 3.63) is 85.3 Å². The maximum Gasteiger partial charge on any atom is 0.0999 e. The summed E-state index contributed by atoms with van der Waals surface area (Å²) in [4.78, 5) is 4.51. The van der Waals surface area contributed by atoms with E-state index in [1.807, 2.05) is 24.5 Å². The van der Waals surface area contributed by atoms with Crippen molar-refractivity contribution in [2.24, 2.45) is 0 Å². The fourth-order valence-corrected chi connectivity index (χ4v) is 2.56. The molecule has 100 valence electrons. The minimum absolute atomic E-state index is 0.990. The van der Waals surface area contributed by atoms with E-state index in [4.69, 9.17) is 0 Å². The molecule has 0 aliphatic rings. The Hall–Kier alpha value is -2.87. The zero-order valence-electron chi connectivity index (χ0n) is 11.5.